The smallest absolute Gasteiger partial charge is 0.0797 e. The molecule has 2 heterocycles. The van der Waals surface area contributed by atoms with E-state index in [1.807, 2.05) is 25.0 Å². The number of hydrogen-bond acceptors (Lipinski definition) is 3. The lowest BCUT2D eigenvalue weighted by Crippen LogP contribution is -2.19. The molecular weight excluding hydrogens is 206 g/mol. The van der Waals surface area contributed by atoms with E-state index in [9.17, 15) is 0 Å². The normalized spacial score (nSPS) is 12.9. The van der Waals surface area contributed by atoms with Crippen LogP contribution in [0.5, 0.6) is 0 Å². The minimum atomic E-state index is 0.310. The predicted molar refractivity (Wildman–Crippen MR) is 63.0 cm³/mol. The molecule has 0 radical (unpaired) electrons. The molecule has 1 unspecified atom stereocenters. The van der Waals surface area contributed by atoms with Gasteiger partial charge in [0.15, 0.2) is 0 Å². The van der Waals surface area contributed by atoms with Crippen LogP contribution in [0.2, 0.25) is 0 Å². The first-order valence-corrected chi connectivity index (χ1v) is 5.87. The van der Waals surface area contributed by atoms with Gasteiger partial charge in [-0.3, -0.25) is 4.68 Å². The highest BCUT2D eigenvalue weighted by molar-refractivity contribution is 7.09. The summed E-state index contributed by atoms with van der Waals surface area (Å²) in [5, 5.41) is 9.83. The first-order valence-electron chi connectivity index (χ1n) is 4.99. The van der Waals surface area contributed by atoms with Crippen LogP contribution in [0.3, 0.4) is 0 Å². The van der Waals surface area contributed by atoms with E-state index in [0.717, 1.165) is 12.1 Å². The summed E-state index contributed by atoms with van der Waals surface area (Å²) in [5.74, 6) is 0. The molecule has 4 heteroatoms. The first-order chi connectivity index (χ1) is 7.29. The molecule has 0 aliphatic carbocycles. The molecule has 80 valence electrons. The van der Waals surface area contributed by atoms with E-state index in [2.05, 4.69) is 34.0 Å². The number of aryl methyl sites for hydroxylation is 1. The molecule has 2 aromatic heterocycles. The summed E-state index contributed by atoms with van der Waals surface area (Å²) in [7, 11) is 3.92. The van der Waals surface area contributed by atoms with Crippen molar-refractivity contribution in [1.29, 1.82) is 0 Å². The van der Waals surface area contributed by atoms with E-state index in [1.165, 1.54) is 4.88 Å². The van der Waals surface area contributed by atoms with Gasteiger partial charge in [0.1, 0.15) is 0 Å². The summed E-state index contributed by atoms with van der Waals surface area (Å²) >= 11 is 1.79. The van der Waals surface area contributed by atoms with Crippen LogP contribution >= 0.6 is 11.3 Å². The number of nitrogens with one attached hydrogen (secondary N) is 1. The van der Waals surface area contributed by atoms with Gasteiger partial charge in [0.2, 0.25) is 0 Å². The van der Waals surface area contributed by atoms with Gasteiger partial charge in [-0.05, 0) is 24.6 Å². The summed E-state index contributed by atoms with van der Waals surface area (Å²) < 4.78 is 1.84. The lowest BCUT2D eigenvalue weighted by molar-refractivity contribution is 0.566. The number of likely N-dealkylation sites (N-methyl/N-ethyl adjacent to an activating group) is 1. The standard InChI is InChI=1S/C11H15N3S/c1-12-11(8-9-4-3-7-15-9)10-5-6-14(2)13-10/h3-7,11-12H,8H2,1-2H3. The van der Waals surface area contributed by atoms with Crippen LogP contribution in [-0.2, 0) is 13.5 Å². The van der Waals surface area contributed by atoms with E-state index in [4.69, 9.17) is 0 Å². The van der Waals surface area contributed by atoms with Gasteiger partial charge in [0.25, 0.3) is 0 Å². The molecule has 2 rings (SSSR count). The Morgan fingerprint density at radius 1 is 1.53 bits per heavy atom. The van der Waals surface area contributed by atoms with Gasteiger partial charge in [-0.2, -0.15) is 5.10 Å². The minimum absolute atomic E-state index is 0.310. The SMILES string of the molecule is CNC(Cc1cccs1)c1ccn(C)n1. The average molecular weight is 221 g/mol. The summed E-state index contributed by atoms with van der Waals surface area (Å²) in [4.78, 5) is 1.39. The molecule has 0 bridgehead atoms. The topological polar surface area (TPSA) is 29.9 Å². The fraction of sp³-hybridized carbons (Fsp3) is 0.364. The average Bonchev–Trinajstić information content (AvgIpc) is 2.85. The Morgan fingerprint density at radius 2 is 2.40 bits per heavy atom. The fourth-order valence-corrected chi connectivity index (χ4v) is 2.36. The van der Waals surface area contributed by atoms with Crippen molar-refractivity contribution in [2.45, 2.75) is 12.5 Å². The van der Waals surface area contributed by atoms with Crippen molar-refractivity contribution < 1.29 is 0 Å². The lowest BCUT2D eigenvalue weighted by Gasteiger charge is -2.12. The molecule has 0 aliphatic heterocycles. The molecule has 0 saturated heterocycles. The zero-order valence-corrected chi connectivity index (χ0v) is 9.79. The monoisotopic (exact) mass is 221 g/mol. The van der Waals surface area contributed by atoms with Crippen molar-refractivity contribution in [3.05, 3.63) is 40.3 Å². The first kappa shape index (κ1) is 10.4. The van der Waals surface area contributed by atoms with Crippen molar-refractivity contribution in [2.75, 3.05) is 7.05 Å². The highest BCUT2D eigenvalue weighted by Gasteiger charge is 2.12. The van der Waals surface area contributed by atoms with Crippen LogP contribution in [0.25, 0.3) is 0 Å². The molecule has 1 atom stereocenters. The van der Waals surface area contributed by atoms with Crippen molar-refractivity contribution in [3.63, 3.8) is 0 Å². The maximum absolute atomic E-state index is 4.42. The Morgan fingerprint density at radius 3 is 2.93 bits per heavy atom. The molecule has 0 aliphatic rings. The van der Waals surface area contributed by atoms with E-state index in [1.54, 1.807) is 11.3 Å². The number of rotatable bonds is 4. The molecule has 0 fully saturated rings. The van der Waals surface area contributed by atoms with Gasteiger partial charge in [-0.15, -0.1) is 11.3 Å². The minimum Gasteiger partial charge on any atom is -0.311 e. The quantitative estimate of drug-likeness (QED) is 0.855. The van der Waals surface area contributed by atoms with Gasteiger partial charge in [0.05, 0.1) is 11.7 Å². The van der Waals surface area contributed by atoms with Gasteiger partial charge < -0.3 is 5.32 Å². The Labute approximate surface area is 93.7 Å². The third kappa shape index (κ3) is 2.46. The van der Waals surface area contributed by atoms with E-state index in [0.29, 0.717) is 6.04 Å². The van der Waals surface area contributed by atoms with Crippen LogP contribution in [-0.4, -0.2) is 16.8 Å². The Bertz CT molecular complexity index is 405. The second-order valence-electron chi connectivity index (χ2n) is 3.54. The van der Waals surface area contributed by atoms with Crippen LogP contribution in [0.4, 0.5) is 0 Å². The van der Waals surface area contributed by atoms with Crippen molar-refractivity contribution in [3.8, 4) is 0 Å². The Balaban J connectivity index is 2.11. The second kappa shape index (κ2) is 4.59. The van der Waals surface area contributed by atoms with Gasteiger partial charge in [-0.1, -0.05) is 6.07 Å². The summed E-state index contributed by atoms with van der Waals surface area (Å²) in [6.45, 7) is 0. The maximum atomic E-state index is 4.42. The maximum Gasteiger partial charge on any atom is 0.0797 e. The van der Waals surface area contributed by atoms with Crippen molar-refractivity contribution in [2.24, 2.45) is 7.05 Å². The Hall–Kier alpha value is -1.13. The van der Waals surface area contributed by atoms with Gasteiger partial charge in [-0.25, -0.2) is 0 Å². The van der Waals surface area contributed by atoms with Crippen molar-refractivity contribution >= 4 is 11.3 Å². The molecule has 0 aromatic carbocycles. The van der Waals surface area contributed by atoms with Crippen LogP contribution in [0, 0.1) is 0 Å². The summed E-state index contributed by atoms with van der Waals surface area (Å²) in [6.07, 6.45) is 2.99. The molecular formula is C11H15N3S. The zero-order valence-electron chi connectivity index (χ0n) is 8.97. The van der Waals surface area contributed by atoms with Crippen molar-refractivity contribution in [1.82, 2.24) is 15.1 Å². The number of hydrogen-bond donors (Lipinski definition) is 1. The second-order valence-corrected chi connectivity index (χ2v) is 4.57. The fourth-order valence-electron chi connectivity index (χ4n) is 1.60. The molecule has 2 aromatic rings. The predicted octanol–water partition coefficient (Wildman–Crippen LogP) is 1.98. The lowest BCUT2D eigenvalue weighted by atomic mass is 10.1. The highest BCUT2D eigenvalue weighted by Crippen LogP contribution is 2.19. The largest absolute Gasteiger partial charge is 0.311 e. The van der Waals surface area contributed by atoms with E-state index < -0.39 is 0 Å². The third-order valence-corrected chi connectivity index (χ3v) is 3.32. The number of nitrogens with zero attached hydrogens (tertiary/aromatic N) is 2. The van der Waals surface area contributed by atoms with Crippen LogP contribution < -0.4 is 5.32 Å². The molecule has 15 heavy (non-hydrogen) atoms. The molecule has 1 N–H and O–H groups in total. The molecule has 0 spiro atoms. The van der Waals surface area contributed by atoms with E-state index in [-0.39, 0.29) is 0 Å². The van der Waals surface area contributed by atoms with Crippen LogP contribution in [0.15, 0.2) is 29.8 Å². The zero-order chi connectivity index (χ0) is 10.7. The molecule has 0 saturated carbocycles. The summed E-state index contributed by atoms with van der Waals surface area (Å²) in [6, 6.07) is 6.63. The molecule has 0 amide bonds. The van der Waals surface area contributed by atoms with Crippen LogP contribution in [0.1, 0.15) is 16.6 Å². The van der Waals surface area contributed by atoms with Gasteiger partial charge >= 0.3 is 0 Å². The number of aromatic nitrogens is 2. The molecule has 3 nitrogen and oxygen atoms in total. The number of thiophene rings is 1. The summed E-state index contributed by atoms with van der Waals surface area (Å²) in [5.41, 5.74) is 1.11. The van der Waals surface area contributed by atoms with Gasteiger partial charge in [0, 0.05) is 24.5 Å². The third-order valence-electron chi connectivity index (χ3n) is 2.43. The Kier molecular flexibility index (Phi) is 3.18. The van der Waals surface area contributed by atoms with E-state index >= 15 is 0 Å². The highest BCUT2D eigenvalue weighted by atomic mass is 32.1.